The van der Waals surface area contributed by atoms with Crippen molar-refractivity contribution >= 4 is 42.1 Å². The van der Waals surface area contributed by atoms with Gasteiger partial charge in [-0.05, 0) is 80.1 Å². The Morgan fingerprint density at radius 3 is 2.40 bits per heavy atom. The minimum atomic E-state index is -2.91. The van der Waals surface area contributed by atoms with Gasteiger partial charge in [-0.2, -0.15) is 0 Å². The lowest BCUT2D eigenvalue weighted by Gasteiger charge is -2.52. The first-order chi connectivity index (χ1) is 21.2. The molecule has 0 bridgehead atoms. The van der Waals surface area contributed by atoms with E-state index in [1.807, 2.05) is 57.2 Å². The summed E-state index contributed by atoms with van der Waals surface area (Å²) in [5.74, 6) is 5.33. The molecule has 3 fully saturated rings. The third kappa shape index (κ3) is 7.16. The van der Waals surface area contributed by atoms with Crippen molar-refractivity contribution in [3.8, 4) is 11.3 Å². The Morgan fingerprint density at radius 2 is 1.73 bits per heavy atom. The smallest absolute Gasteiger partial charge is 0.308 e. The lowest BCUT2D eigenvalue weighted by molar-refractivity contribution is -0.0118. The highest BCUT2D eigenvalue weighted by molar-refractivity contribution is 7.98. The number of benzene rings is 2. The molecule has 1 aromatic heterocycles. The van der Waals surface area contributed by atoms with Crippen LogP contribution in [0.25, 0.3) is 22.1 Å². The summed E-state index contributed by atoms with van der Waals surface area (Å²) in [7, 11) is -5.71. The van der Waals surface area contributed by atoms with Gasteiger partial charge in [-0.3, -0.25) is 9.69 Å². The fourth-order valence-corrected chi connectivity index (χ4v) is 10.9. The molecule has 3 aliphatic rings. The third-order valence-corrected chi connectivity index (χ3v) is 13.2. The van der Waals surface area contributed by atoms with Crippen molar-refractivity contribution in [2.24, 2.45) is 11.3 Å². The quantitative estimate of drug-likeness (QED) is 0.321. The van der Waals surface area contributed by atoms with Crippen molar-refractivity contribution in [3.05, 3.63) is 48.0 Å². The van der Waals surface area contributed by atoms with E-state index in [-0.39, 0.29) is 28.7 Å². The lowest BCUT2D eigenvalue weighted by Crippen LogP contribution is -2.61. The number of fused-ring (bicyclic) bond motifs is 1. The van der Waals surface area contributed by atoms with Crippen molar-refractivity contribution in [2.75, 3.05) is 31.3 Å². The zero-order valence-electron chi connectivity index (χ0n) is 26.7. The zero-order valence-corrected chi connectivity index (χ0v) is 28.3. The van der Waals surface area contributed by atoms with Crippen LogP contribution in [0.5, 0.6) is 0 Å². The van der Waals surface area contributed by atoms with Crippen LogP contribution in [0.3, 0.4) is 0 Å². The molecule has 2 N–H and O–H groups in total. The molecular formula is C34H46N4O5S2. The predicted molar refractivity (Wildman–Crippen MR) is 180 cm³/mol. The molecule has 3 aromatic rings. The van der Waals surface area contributed by atoms with Crippen LogP contribution in [0, 0.1) is 11.3 Å². The Hall–Kier alpha value is -2.73. The van der Waals surface area contributed by atoms with Crippen LogP contribution in [-0.4, -0.2) is 71.1 Å². The number of likely N-dealkylation sites (tertiary alicyclic amines) is 1. The van der Waals surface area contributed by atoms with Gasteiger partial charge in [0.15, 0.2) is 5.76 Å². The van der Waals surface area contributed by atoms with Gasteiger partial charge < -0.3 is 9.73 Å². The van der Waals surface area contributed by atoms with Gasteiger partial charge in [0.05, 0.1) is 38.5 Å². The molecule has 45 heavy (non-hydrogen) atoms. The van der Waals surface area contributed by atoms with E-state index in [1.165, 1.54) is 19.3 Å². The molecule has 9 nitrogen and oxygen atoms in total. The fourth-order valence-electron chi connectivity index (χ4n) is 7.33. The molecule has 1 aliphatic carbocycles. The lowest BCUT2D eigenvalue weighted by atomic mass is 9.75. The average Bonchev–Trinajstić information content (AvgIpc) is 3.37. The van der Waals surface area contributed by atoms with Gasteiger partial charge in [-0.1, -0.05) is 56.4 Å². The minimum Gasteiger partial charge on any atom is -0.432 e. The molecule has 1 unspecified atom stereocenters. The summed E-state index contributed by atoms with van der Waals surface area (Å²) >= 11 is 0. The van der Waals surface area contributed by atoms with Crippen LogP contribution in [0.15, 0.2) is 45.7 Å². The first-order valence-electron chi connectivity index (χ1n) is 16.1. The number of carbonyl (C=O) groups excluding carboxylic acids is 1. The summed E-state index contributed by atoms with van der Waals surface area (Å²) in [6, 6.07) is 11.6. The van der Waals surface area contributed by atoms with Gasteiger partial charge in [0.25, 0.3) is 5.89 Å². The highest BCUT2D eigenvalue weighted by Gasteiger charge is 2.46. The number of carbonyl (C=O) groups is 1. The first-order valence-corrected chi connectivity index (χ1v) is 19.7. The summed E-state index contributed by atoms with van der Waals surface area (Å²) in [6.07, 6.45) is 8.03. The van der Waals surface area contributed by atoms with Crippen LogP contribution in [0.1, 0.15) is 82.1 Å². The Bertz CT molecular complexity index is 1780. The van der Waals surface area contributed by atoms with Crippen molar-refractivity contribution < 1.29 is 21.8 Å². The maximum atomic E-state index is 13.8. The van der Waals surface area contributed by atoms with E-state index in [4.69, 9.17) is 9.40 Å². The molecule has 1 atom stereocenters. The van der Waals surface area contributed by atoms with Crippen LogP contribution >= 0.6 is 0 Å². The SMILES string of the molecule is C=S(=O)(NC(C)(C)C)c1ccc(-c2oc(C(=O)NCN3CC4(CCS(=O)(=O)CC4)C3)nc2CC2CCCCC2)c2ccccc12. The molecule has 244 valence electrons. The number of nitrogens with one attached hydrogen (secondary N) is 2. The summed E-state index contributed by atoms with van der Waals surface area (Å²) in [5, 5.41) is 4.67. The Balaban J connectivity index is 1.26. The van der Waals surface area contributed by atoms with E-state index in [9.17, 15) is 17.4 Å². The molecule has 1 amide bonds. The Labute approximate surface area is 267 Å². The topological polar surface area (TPSA) is 122 Å². The highest BCUT2D eigenvalue weighted by atomic mass is 32.2. The number of sulfone groups is 1. The van der Waals surface area contributed by atoms with E-state index in [0.717, 1.165) is 54.4 Å². The van der Waals surface area contributed by atoms with Gasteiger partial charge >= 0.3 is 5.91 Å². The largest absolute Gasteiger partial charge is 0.432 e. The number of amides is 1. The summed E-state index contributed by atoms with van der Waals surface area (Å²) in [4.78, 5) is 20.9. The molecular weight excluding hydrogens is 609 g/mol. The Morgan fingerprint density at radius 1 is 1.07 bits per heavy atom. The van der Waals surface area contributed by atoms with E-state index in [1.54, 1.807) is 0 Å². The second-order valence-electron chi connectivity index (χ2n) is 14.5. The van der Waals surface area contributed by atoms with Gasteiger partial charge in [0.1, 0.15) is 9.84 Å². The number of nitrogens with zero attached hydrogens (tertiary/aromatic N) is 2. The molecule has 2 saturated heterocycles. The van der Waals surface area contributed by atoms with Crippen LogP contribution in [-0.2, 0) is 26.0 Å². The summed E-state index contributed by atoms with van der Waals surface area (Å²) in [6.45, 7) is 7.83. The first kappa shape index (κ1) is 32.2. The Kier molecular flexibility index (Phi) is 8.69. The van der Waals surface area contributed by atoms with E-state index < -0.39 is 25.1 Å². The molecule has 0 radical (unpaired) electrons. The van der Waals surface area contributed by atoms with Gasteiger partial charge in [0, 0.05) is 24.2 Å². The number of hydrogen-bond donors (Lipinski definition) is 2. The van der Waals surface area contributed by atoms with Crippen molar-refractivity contribution in [1.29, 1.82) is 0 Å². The molecule has 1 spiro atoms. The standard InChI is InChI=1S/C34H46N4O5S2/c1-33(2,3)37-44(4,40)29-15-14-27(25-12-8-9-13-26(25)29)30-28(20-24-10-6-5-7-11-24)36-32(43-30)31(39)35-23-38-21-34(22-38)16-18-45(41,42)19-17-34/h8-9,12-15,24H,4-7,10-11,16-23H2,1-3H3,(H,35,39)(H,37,40). The molecule has 11 heteroatoms. The fraction of sp³-hybridized carbons (Fsp3) is 0.559. The maximum Gasteiger partial charge on any atom is 0.308 e. The molecule has 3 heterocycles. The summed E-state index contributed by atoms with van der Waals surface area (Å²) < 4.78 is 47.1. The summed E-state index contributed by atoms with van der Waals surface area (Å²) in [5.41, 5.74) is 1.24. The van der Waals surface area contributed by atoms with E-state index in [0.29, 0.717) is 36.1 Å². The third-order valence-electron chi connectivity index (χ3n) is 9.52. The number of aromatic nitrogens is 1. The highest BCUT2D eigenvalue weighted by Crippen LogP contribution is 2.41. The van der Waals surface area contributed by atoms with Crippen LogP contribution in [0.4, 0.5) is 0 Å². The molecule has 2 aromatic carbocycles. The van der Waals surface area contributed by atoms with Crippen LogP contribution < -0.4 is 10.0 Å². The molecule has 1 saturated carbocycles. The zero-order chi connectivity index (χ0) is 32.0. The number of oxazole rings is 1. The maximum absolute atomic E-state index is 13.8. The van der Waals surface area contributed by atoms with E-state index in [2.05, 4.69) is 20.8 Å². The minimum absolute atomic E-state index is 0.0401. The van der Waals surface area contributed by atoms with Crippen molar-refractivity contribution in [2.45, 2.75) is 82.6 Å². The normalized spacial score (nSPS) is 21.8. The average molecular weight is 655 g/mol. The second-order valence-corrected chi connectivity index (χ2v) is 18.8. The van der Waals surface area contributed by atoms with Crippen LogP contribution in [0.2, 0.25) is 0 Å². The van der Waals surface area contributed by atoms with E-state index >= 15 is 0 Å². The monoisotopic (exact) mass is 654 g/mol. The predicted octanol–water partition coefficient (Wildman–Crippen LogP) is 5.19. The molecule has 6 rings (SSSR count). The van der Waals surface area contributed by atoms with Gasteiger partial charge in [-0.15, -0.1) is 0 Å². The number of rotatable bonds is 8. The van der Waals surface area contributed by atoms with Crippen molar-refractivity contribution in [3.63, 3.8) is 0 Å². The van der Waals surface area contributed by atoms with Crippen molar-refractivity contribution in [1.82, 2.24) is 19.9 Å². The van der Waals surface area contributed by atoms with Gasteiger partial charge in [-0.25, -0.2) is 22.3 Å². The molecule has 2 aliphatic heterocycles. The second kappa shape index (κ2) is 12.1. The van der Waals surface area contributed by atoms with Gasteiger partial charge in [0.2, 0.25) is 0 Å². The number of hydrogen-bond acceptors (Lipinski definition) is 7.